The number of hydrogen-bond acceptors (Lipinski definition) is 6. The summed E-state index contributed by atoms with van der Waals surface area (Å²) in [6.45, 7) is 2.62. The van der Waals surface area contributed by atoms with Crippen LogP contribution >= 0.6 is 11.3 Å². The van der Waals surface area contributed by atoms with E-state index in [0.717, 1.165) is 25.5 Å². The molecule has 6 heteroatoms. The van der Waals surface area contributed by atoms with Gasteiger partial charge in [-0.15, -0.1) is 11.3 Å². The molecule has 0 N–H and O–H groups in total. The molecule has 20 heavy (non-hydrogen) atoms. The van der Waals surface area contributed by atoms with E-state index in [1.165, 1.54) is 11.1 Å². The zero-order valence-corrected chi connectivity index (χ0v) is 12.5. The zero-order chi connectivity index (χ0) is 14.4. The summed E-state index contributed by atoms with van der Waals surface area (Å²) in [7, 11) is 4.10. The van der Waals surface area contributed by atoms with Crippen LogP contribution in [0.15, 0.2) is 29.9 Å². The predicted octanol–water partition coefficient (Wildman–Crippen LogP) is 1.98. The van der Waals surface area contributed by atoms with Gasteiger partial charge in [-0.25, -0.2) is 9.97 Å². The molecular formula is C14H17N5S. The molecule has 2 heterocycles. The molecule has 0 radical (unpaired) electrons. The Balaban J connectivity index is 2.13. The Morgan fingerprint density at radius 3 is 2.65 bits per heavy atom. The van der Waals surface area contributed by atoms with E-state index in [9.17, 15) is 0 Å². The topological polar surface area (TPSA) is 56.0 Å². The molecule has 0 bridgehead atoms. The minimum absolute atomic E-state index is 0.345. The van der Waals surface area contributed by atoms with Crippen molar-refractivity contribution in [2.24, 2.45) is 0 Å². The molecule has 0 amide bonds. The van der Waals surface area contributed by atoms with Crippen LogP contribution in [0, 0.1) is 11.3 Å². The Morgan fingerprint density at radius 1 is 1.25 bits per heavy atom. The molecule has 0 unspecified atom stereocenters. The van der Waals surface area contributed by atoms with Crippen LogP contribution in [0.4, 0.5) is 5.82 Å². The Kier molecular flexibility index (Phi) is 5.04. The number of nitrogens with zero attached hydrogens (tertiary/aromatic N) is 5. The third-order valence-corrected chi connectivity index (χ3v) is 3.68. The second-order valence-corrected chi connectivity index (χ2v) is 5.71. The van der Waals surface area contributed by atoms with E-state index in [-0.39, 0.29) is 0 Å². The Morgan fingerprint density at radius 2 is 2.10 bits per heavy atom. The molecule has 0 saturated heterocycles. The van der Waals surface area contributed by atoms with E-state index in [1.54, 1.807) is 17.5 Å². The number of nitriles is 1. The maximum Gasteiger partial charge on any atom is 0.158 e. The first-order valence-corrected chi connectivity index (χ1v) is 7.21. The van der Waals surface area contributed by atoms with E-state index in [2.05, 4.69) is 37.3 Å². The van der Waals surface area contributed by atoms with Gasteiger partial charge in [0, 0.05) is 18.0 Å². The van der Waals surface area contributed by atoms with Crippen LogP contribution in [0.1, 0.15) is 10.6 Å². The van der Waals surface area contributed by atoms with Crippen molar-refractivity contribution >= 4 is 17.2 Å². The molecule has 2 aromatic heterocycles. The fraction of sp³-hybridized carbons (Fsp3) is 0.357. The van der Waals surface area contributed by atoms with Crippen molar-refractivity contribution in [3.05, 3.63) is 40.5 Å². The Labute approximate surface area is 123 Å². The Hall–Kier alpha value is -1.97. The number of aromatic nitrogens is 2. The van der Waals surface area contributed by atoms with Crippen LogP contribution in [0.2, 0.25) is 0 Å². The van der Waals surface area contributed by atoms with Crippen molar-refractivity contribution in [2.45, 2.75) is 6.54 Å². The van der Waals surface area contributed by atoms with Crippen LogP contribution in [-0.2, 0) is 6.54 Å². The normalized spacial score (nSPS) is 10.5. The predicted molar refractivity (Wildman–Crippen MR) is 80.7 cm³/mol. The summed E-state index contributed by atoms with van der Waals surface area (Å²) < 4.78 is 0. The lowest BCUT2D eigenvalue weighted by Gasteiger charge is -2.24. The second-order valence-electron chi connectivity index (χ2n) is 4.68. The molecule has 2 rings (SSSR count). The number of hydrogen-bond donors (Lipinski definition) is 0. The molecule has 0 aromatic carbocycles. The van der Waals surface area contributed by atoms with Gasteiger partial charge in [-0.2, -0.15) is 5.26 Å². The number of rotatable bonds is 6. The van der Waals surface area contributed by atoms with Gasteiger partial charge in [-0.05, 0) is 25.5 Å². The summed E-state index contributed by atoms with van der Waals surface area (Å²) in [5.41, 5.74) is 0.345. The van der Waals surface area contributed by atoms with E-state index >= 15 is 0 Å². The first-order valence-electron chi connectivity index (χ1n) is 6.33. The fourth-order valence-corrected chi connectivity index (χ4v) is 2.45. The summed E-state index contributed by atoms with van der Waals surface area (Å²) in [6, 6.07) is 6.16. The highest BCUT2D eigenvalue weighted by Crippen LogP contribution is 2.16. The average Bonchev–Trinajstić information content (AvgIpc) is 2.96. The number of anilines is 1. The van der Waals surface area contributed by atoms with Crippen LogP contribution in [-0.4, -0.2) is 42.1 Å². The highest BCUT2D eigenvalue weighted by Gasteiger charge is 2.10. The molecule has 2 aromatic rings. The van der Waals surface area contributed by atoms with Gasteiger partial charge in [0.1, 0.15) is 11.9 Å². The summed E-state index contributed by atoms with van der Waals surface area (Å²) >= 11 is 1.73. The largest absolute Gasteiger partial charge is 0.349 e. The van der Waals surface area contributed by atoms with Crippen molar-refractivity contribution < 1.29 is 0 Å². The SMILES string of the molecule is CN(C)CCN(Cc1cccs1)c1cnc(C#N)cn1. The lowest BCUT2D eigenvalue weighted by molar-refractivity contribution is 0.412. The molecule has 0 aliphatic rings. The molecule has 0 aliphatic carbocycles. The average molecular weight is 287 g/mol. The third kappa shape index (κ3) is 4.02. The molecule has 5 nitrogen and oxygen atoms in total. The maximum absolute atomic E-state index is 8.78. The third-order valence-electron chi connectivity index (χ3n) is 2.82. The van der Waals surface area contributed by atoms with Gasteiger partial charge in [0.2, 0.25) is 0 Å². The highest BCUT2D eigenvalue weighted by atomic mass is 32.1. The van der Waals surface area contributed by atoms with Crippen molar-refractivity contribution in [2.75, 3.05) is 32.1 Å². The molecule has 0 spiro atoms. The van der Waals surface area contributed by atoms with Gasteiger partial charge in [-0.1, -0.05) is 6.07 Å². The summed E-state index contributed by atoms with van der Waals surface area (Å²) in [5.74, 6) is 0.805. The van der Waals surface area contributed by atoms with Gasteiger partial charge >= 0.3 is 0 Å². The fourth-order valence-electron chi connectivity index (χ4n) is 1.73. The summed E-state index contributed by atoms with van der Waals surface area (Å²) in [5, 5.41) is 10.9. The molecule has 0 aliphatic heterocycles. The molecular weight excluding hydrogens is 270 g/mol. The van der Waals surface area contributed by atoms with Crippen molar-refractivity contribution in [1.29, 1.82) is 5.26 Å². The number of likely N-dealkylation sites (N-methyl/N-ethyl adjacent to an activating group) is 1. The van der Waals surface area contributed by atoms with E-state index in [1.807, 2.05) is 20.2 Å². The lowest BCUT2D eigenvalue weighted by Crippen LogP contribution is -2.31. The van der Waals surface area contributed by atoms with Crippen LogP contribution in [0.3, 0.4) is 0 Å². The van der Waals surface area contributed by atoms with Gasteiger partial charge in [0.15, 0.2) is 5.69 Å². The van der Waals surface area contributed by atoms with Crippen molar-refractivity contribution in [1.82, 2.24) is 14.9 Å². The standard InChI is InChI=1S/C14H17N5S/c1-18(2)5-6-19(11-13-4-3-7-20-13)14-10-16-12(8-15)9-17-14/h3-4,7,9-10H,5-6,11H2,1-2H3. The van der Waals surface area contributed by atoms with Crippen molar-refractivity contribution in [3.8, 4) is 6.07 Å². The van der Waals surface area contributed by atoms with Gasteiger partial charge in [0.05, 0.1) is 18.9 Å². The van der Waals surface area contributed by atoms with E-state index < -0.39 is 0 Å². The first-order chi connectivity index (χ1) is 9.69. The van der Waals surface area contributed by atoms with Crippen LogP contribution in [0.5, 0.6) is 0 Å². The van der Waals surface area contributed by atoms with Gasteiger partial charge in [0.25, 0.3) is 0 Å². The molecule has 0 fully saturated rings. The summed E-state index contributed by atoms with van der Waals surface area (Å²) in [6.07, 6.45) is 3.19. The number of thiophene rings is 1. The van der Waals surface area contributed by atoms with Crippen LogP contribution < -0.4 is 4.90 Å². The molecule has 0 saturated carbocycles. The smallest absolute Gasteiger partial charge is 0.158 e. The second kappa shape index (κ2) is 6.98. The van der Waals surface area contributed by atoms with Crippen LogP contribution in [0.25, 0.3) is 0 Å². The lowest BCUT2D eigenvalue weighted by atomic mass is 10.3. The summed E-state index contributed by atoms with van der Waals surface area (Å²) in [4.78, 5) is 14.0. The minimum Gasteiger partial charge on any atom is -0.349 e. The maximum atomic E-state index is 8.78. The first kappa shape index (κ1) is 14.4. The van der Waals surface area contributed by atoms with E-state index in [0.29, 0.717) is 5.69 Å². The Bertz CT molecular complexity index is 556. The monoisotopic (exact) mass is 287 g/mol. The molecule has 0 atom stereocenters. The quantitative estimate of drug-likeness (QED) is 0.813. The molecule has 104 valence electrons. The van der Waals surface area contributed by atoms with E-state index in [4.69, 9.17) is 5.26 Å². The minimum atomic E-state index is 0.345. The van der Waals surface area contributed by atoms with Gasteiger partial charge in [-0.3, -0.25) is 0 Å². The van der Waals surface area contributed by atoms with Gasteiger partial charge < -0.3 is 9.80 Å². The highest BCUT2D eigenvalue weighted by molar-refractivity contribution is 7.09. The van der Waals surface area contributed by atoms with Crippen molar-refractivity contribution in [3.63, 3.8) is 0 Å². The zero-order valence-electron chi connectivity index (χ0n) is 11.7.